The molecule has 2 N–H and O–H groups in total. The number of allylic oxidation sites excluding steroid dienone is 1. The van der Waals surface area contributed by atoms with Gasteiger partial charge in [-0.3, -0.25) is 0 Å². The predicted molar refractivity (Wildman–Crippen MR) is 54.1 cm³/mol. The molecule has 0 aliphatic rings. The van der Waals surface area contributed by atoms with Crippen LogP contribution in [-0.2, 0) is 0 Å². The van der Waals surface area contributed by atoms with Crippen molar-refractivity contribution in [3.8, 4) is 0 Å². The summed E-state index contributed by atoms with van der Waals surface area (Å²) in [5.74, 6) is 0. The van der Waals surface area contributed by atoms with Crippen molar-refractivity contribution in [1.29, 1.82) is 0 Å². The van der Waals surface area contributed by atoms with Crippen molar-refractivity contribution in [3.63, 3.8) is 0 Å². The van der Waals surface area contributed by atoms with Gasteiger partial charge in [-0.1, -0.05) is 6.92 Å². The molecule has 0 heterocycles. The molecule has 0 saturated carbocycles. The van der Waals surface area contributed by atoms with E-state index in [2.05, 4.69) is 4.99 Å². The fraction of sp³-hybridized carbons (Fsp3) is 0.625. The van der Waals surface area contributed by atoms with Crippen LogP contribution < -0.4 is 5.73 Å². The van der Waals surface area contributed by atoms with Gasteiger partial charge in [0.25, 0.3) is 6.43 Å². The summed E-state index contributed by atoms with van der Waals surface area (Å²) in [4.78, 5) is 3.75. The first-order valence-electron chi connectivity index (χ1n) is 3.88. The summed E-state index contributed by atoms with van der Waals surface area (Å²) in [6.45, 7) is 3.16. The Morgan fingerprint density at radius 3 is 2.38 bits per heavy atom. The average Bonchev–Trinajstić information content (AvgIpc) is 2.12. The van der Waals surface area contributed by atoms with Crippen molar-refractivity contribution < 1.29 is 8.78 Å². The van der Waals surface area contributed by atoms with Crippen LogP contribution in [-0.4, -0.2) is 18.4 Å². The summed E-state index contributed by atoms with van der Waals surface area (Å²) in [6.07, 6.45) is -0.122. The first kappa shape index (κ1) is 12.4. The summed E-state index contributed by atoms with van der Waals surface area (Å²) < 4.78 is 24.2. The number of nitrogens with two attached hydrogens (primary N) is 1. The van der Waals surface area contributed by atoms with E-state index in [9.17, 15) is 8.78 Å². The van der Waals surface area contributed by atoms with Crippen molar-refractivity contribution in [2.45, 2.75) is 26.7 Å². The molecule has 0 unspecified atom stereocenters. The monoisotopic (exact) mass is 208 g/mol. The minimum atomic E-state index is -2.51. The maximum absolute atomic E-state index is 12.1. The second kappa shape index (κ2) is 5.96. The molecule has 0 rings (SSSR count). The third-order valence-corrected chi connectivity index (χ3v) is 2.18. The number of alkyl halides is 2. The maximum Gasteiger partial charge on any atom is 0.276 e. The molecular formula is C8H14F2N2S. The van der Waals surface area contributed by atoms with Crippen molar-refractivity contribution >= 4 is 17.5 Å². The van der Waals surface area contributed by atoms with Gasteiger partial charge in [-0.15, -0.1) is 11.8 Å². The van der Waals surface area contributed by atoms with Gasteiger partial charge >= 0.3 is 0 Å². The molecule has 0 aliphatic heterocycles. The van der Waals surface area contributed by atoms with Gasteiger partial charge in [-0.25, -0.2) is 13.8 Å². The fourth-order valence-electron chi connectivity index (χ4n) is 0.609. The van der Waals surface area contributed by atoms with E-state index in [-0.39, 0.29) is 5.71 Å². The zero-order valence-electron chi connectivity index (χ0n) is 7.97. The van der Waals surface area contributed by atoms with Crippen molar-refractivity contribution in [2.24, 2.45) is 10.7 Å². The molecule has 0 atom stereocenters. The average molecular weight is 208 g/mol. The number of aliphatic imine (C=N–C) groups is 1. The molecule has 0 aromatic carbocycles. The molecule has 0 radical (unpaired) electrons. The summed E-state index contributed by atoms with van der Waals surface area (Å²) in [7, 11) is 0. The van der Waals surface area contributed by atoms with E-state index in [1.165, 1.54) is 18.7 Å². The minimum Gasteiger partial charge on any atom is -0.400 e. The Labute approximate surface area is 81.3 Å². The lowest BCUT2D eigenvalue weighted by Gasteiger charge is -2.04. The third kappa shape index (κ3) is 4.26. The van der Waals surface area contributed by atoms with Gasteiger partial charge in [-0.2, -0.15) is 0 Å². The van der Waals surface area contributed by atoms with E-state index in [1.54, 1.807) is 6.26 Å². The minimum absolute atomic E-state index is 0.194. The van der Waals surface area contributed by atoms with Crippen molar-refractivity contribution in [1.82, 2.24) is 0 Å². The molecule has 0 saturated heterocycles. The molecule has 76 valence electrons. The Morgan fingerprint density at radius 1 is 1.54 bits per heavy atom. The second-order valence-corrected chi connectivity index (χ2v) is 3.24. The lowest BCUT2D eigenvalue weighted by Crippen LogP contribution is -2.06. The highest BCUT2D eigenvalue weighted by Crippen LogP contribution is 2.18. The number of hydrogen-bond donors (Lipinski definition) is 1. The third-order valence-electron chi connectivity index (χ3n) is 1.44. The van der Waals surface area contributed by atoms with Crippen LogP contribution in [0, 0.1) is 0 Å². The van der Waals surface area contributed by atoms with E-state index < -0.39 is 6.43 Å². The van der Waals surface area contributed by atoms with Crippen LogP contribution >= 0.6 is 11.8 Å². The Morgan fingerprint density at radius 2 is 2.08 bits per heavy atom. The predicted octanol–water partition coefficient (Wildman–Crippen LogP) is 2.61. The standard InChI is InChI=1S/C8H14F2N2S/c1-4-6(11)8(13-3)12-5(2)7(9)10/h7H,4,11H2,1-3H3/b8-6-,12-5?. The van der Waals surface area contributed by atoms with Crippen LogP contribution in [0.15, 0.2) is 15.7 Å². The summed E-state index contributed by atoms with van der Waals surface area (Å²) in [5.41, 5.74) is 5.94. The molecular weight excluding hydrogens is 194 g/mol. The Bertz CT molecular complexity index is 224. The Kier molecular flexibility index (Phi) is 5.70. The second-order valence-electron chi connectivity index (χ2n) is 2.44. The van der Waals surface area contributed by atoms with Crippen LogP contribution in [0.4, 0.5) is 8.78 Å². The zero-order chi connectivity index (χ0) is 10.4. The molecule has 0 spiro atoms. The summed E-state index contributed by atoms with van der Waals surface area (Å²) in [5, 5.41) is 0.486. The SMILES string of the molecule is CC/C(N)=C(\N=C(C)C(F)F)SC. The van der Waals surface area contributed by atoms with Gasteiger partial charge in [0.05, 0.1) is 5.71 Å². The lowest BCUT2D eigenvalue weighted by molar-refractivity contribution is 0.225. The molecule has 5 heteroatoms. The number of hydrogen-bond acceptors (Lipinski definition) is 3. The molecule has 0 bridgehead atoms. The molecule has 2 nitrogen and oxygen atoms in total. The van der Waals surface area contributed by atoms with Crippen LogP contribution in [0.2, 0.25) is 0 Å². The number of thioether (sulfide) groups is 1. The molecule has 0 amide bonds. The molecule has 0 aromatic rings. The fourth-order valence-corrected chi connectivity index (χ4v) is 1.25. The Balaban J connectivity index is 4.72. The highest BCUT2D eigenvalue weighted by molar-refractivity contribution is 8.02. The lowest BCUT2D eigenvalue weighted by atomic mass is 10.4. The van der Waals surface area contributed by atoms with Gasteiger partial charge in [0, 0.05) is 5.70 Å². The number of rotatable bonds is 4. The van der Waals surface area contributed by atoms with E-state index in [0.29, 0.717) is 17.1 Å². The van der Waals surface area contributed by atoms with Crippen LogP contribution in [0.5, 0.6) is 0 Å². The van der Waals surface area contributed by atoms with Gasteiger partial charge < -0.3 is 5.73 Å². The topological polar surface area (TPSA) is 38.4 Å². The van der Waals surface area contributed by atoms with E-state index in [4.69, 9.17) is 5.73 Å². The molecule has 0 aromatic heterocycles. The van der Waals surface area contributed by atoms with Gasteiger partial charge in [0.1, 0.15) is 5.03 Å². The first-order chi connectivity index (χ1) is 6.02. The van der Waals surface area contributed by atoms with Crippen LogP contribution in [0.3, 0.4) is 0 Å². The van der Waals surface area contributed by atoms with Crippen molar-refractivity contribution in [2.75, 3.05) is 6.26 Å². The highest BCUT2D eigenvalue weighted by Gasteiger charge is 2.08. The van der Waals surface area contributed by atoms with Crippen LogP contribution in [0.25, 0.3) is 0 Å². The summed E-state index contributed by atoms with van der Waals surface area (Å²) in [6, 6.07) is 0. The number of nitrogens with zero attached hydrogens (tertiary/aromatic N) is 1. The summed E-state index contributed by atoms with van der Waals surface area (Å²) >= 11 is 1.28. The largest absolute Gasteiger partial charge is 0.400 e. The number of halogens is 2. The zero-order valence-corrected chi connectivity index (χ0v) is 8.79. The molecule has 0 aliphatic carbocycles. The van der Waals surface area contributed by atoms with E-state index >= 15 is 0 Å². The van der Waals surface area contributed by atoms with E-state index in [0.717, 1.165) is 0 Å². The Hall–Kier alpha value is -0.580. The van der Waals surface area contributed by atoms with Gasteiger partial charge in [-0.05, 0) is 19.6 Å². The quantitative estimate of drug-likeness (QED) is 0.721. The van der Waals surface area contributed by atoms with Crippen molar-refractivity contribution in [3.05, 3.63) is 10.7 Å². The highest BCUT2D eigenvalue weighted by atomic mass is 32.2. The molecule has 13 heavy (non-hydrogen) atoms. The van der Waals surface area contributed by atoms with Crippen LogP contribution in [0.1, 0.15) is 20.3 Å². The smallest absolute Gasteiger partial charge is 0.276 e. The van der Waals surface area contributed by atoms with Gasteiger partial charge in [0.2, 0.25) is 0 Å². The van der Waals surface area contributed by atoms with Gasteiger partial charge in [0.15, 0.2) is 0 Å². The maximum atomic E-state index is 12.1. The first-order valence-corrected chi connectivity index (χ1v) is 5.11. The molecule has 0 fully saturated rings. The van der Waals surface area contributed by atoms with E-state index in [1.807, 2.05) is 6.92 Å². The normalized spacial score (nSPS) is 14.8.